The Balaban J connectivity index is 1.41. The molecule has 1 heterocycles. The lowest BCUT2D eigenvalue weighted by Gasteiger charge is -2.20. The van der Waals surface area contributed by atoms with E-state index in [9.17, 15) is 9.59 Å². The van der Waals surface area contributed by atoms with Gasteiger partial charge >= 0.3 is 0 Å². The molecule has 1 saturated carbocycles. The van der Waals surface area contributed by atoms with Gasteiger partial charge in [0.15, 0.2) is 5.78 Å². The van der Waals surface area contributed by atoms with Crippen LogP contribution in [0.4, 0.5) is 0 Å². The van der Waals surface area contributed by atoms with Crippen molar-refractivity contribution in [3.05, 3.63) is 64.9 Å². The molecule has 5 nitrogen and oxygen atoms in total. The number of carbonyl (C=O) groups excluding carboxylic acids is 2. The van der Waals surface area contributed by atoms with Gasteiger partial charge in [0.25, 0.3) is 0 Å². The molecule has 162 valence electrons. The molecule has 4 rings (SSSR count). The summed E-state index contributed by atoms with van der Waals surface area (Å²) < 4.78 is 2.00. The van der Waals surface area contributed by atoms with Crippen LogP contribution < -0.4 is 5.32 Å². The molecule has 1 amide bonds. The minimum atomic E-state index is 0.0201. The van der Waals surface area contributed by atoms with Crippen LogP contribution in [-0.2, 0) is 17.8 Å². The molecule has 1 aromatic heterocycles. The van der Waals surface area contributed by atoms with Crippen molar-refractivity contribution in [1.82, 2.24) is 14.9 Å². The molecule has 3 aromatic rings. The molecule has 0 atom stereocenters. The van der Waals surface area contributed by atoms with Gasteiger partial charge in [-0.15, -0.1) is 0 Å². The number of nitrogens with one attached hydrogen (secondary N) is 1. The number of halogens is 1. The summed E-state index contributed by atoms with van der Waals surface area (Å²) in [6.45, 7) is 0.857. The van der Waals surface area contributed by atoms with E-state index in [1.165, 1.54) is 6.42 Å². The van der Waals surface area contributed by atoms with Crippen LogP contribution in [0.3, 0.4) is 0 Å². The molecular formula is C25H28ClN3O2. The molecule has 1 fully saturated rings. The van der Waals surface area contributed by atoms with Crippen molar-refractivity contribution in [3.8, 4) is 0 Å². The number of aryl methyl sites for hydroxylation is 1. The van der Waals surface area contributed by atoms with Gasteiger partial charge in [0.05, 0.1) is 17.6 Å². The summed E-state index contributed by atoms with van der Waals surface area (Å²) in [5.74, 6) is 1.25. The molecular weight excluding hydrogens is 410 g/mol. The SMILES string of the molecule is O=C(Cn1c(CCCNC(=O)C2CCCCC2)nc2ccccc21)c1ccc(Cl)cc1. The molecule has 0 bridgehead atoms. The molecule has 0 aliphatic heterocycles. The summed E-state index contributed by atoms with van der Waals surface area (Å²) in [6, 6.07) is 14.8. The van der Waals surface area contributed by atoms with E-state index in [0.717, 1.165) is 49.0 Å². The highest BCUT2D eigenvalue weighted by Gasteiger charge is 2.20. The lowest BCUT2D eigenvalue weighted by atomic mass is 9.89. The monoisotopic (exact) mass is 437 g/mol. The summed E-state index contributed by atoms with van der Waals surface area (Å²) >= 11 is 5.95. The third-order valence-corrected chi connectivity index (χ3v) is 6.31. The summed E-state index contributed by atoms with van der Waals surface area (Å²) in [5, 5.41) is 3.70. The van der Waals surface area contributed by atoms with Crippen molar-refractivity contribution >= 4 is 34.3 Å². The lowest BCUT2D eigenvalue weighted by Crippen LogP contribution is -2.32. The zero-order valence-corrected chi connectivity index (χ0v) is 18.4. The fraction of sp³-hybridized carbons (Fsp3) is 0.400. The Kier molecular flexibility index (Phi) is 7.03. The quantitative estimate of drug-likeness (QED) is 0.389. The maximum atomic E-state index is 12.9. The highest BCUT2D eigenvalue weighted by atomic mass is 35.5. The highest BCUT2D eigenvalue weighted by molar-refractivity contribution is 6.30. The van der Waals surface area contributed by atoms with Crippen LogP contribution in [0.1, 0.15) is 54.7 Å². The van der Waals surface area contributed by atoms with Crippen LogP contribution in [0.5, 0.6) is 0 Å². The molecule has 0 unspecified atom stereocenters. The summed E-state index contributed by atoms with van der Waals surface area (Å²) in [4.78, 5) is 30.0. The molecule has 31 heavy (non-hydrogen) atoms. The van der Waals surface area contributed by atoms with Gasteiger partial charge in [-0.3, -0.25) is 9.59 Å². The Bertz CT molecular complexity index is 1050. The van der Waals surface area contributed by atoms with Gasteiger partial charge in [0.1, 0.15) is 5.82 Å². The summed E-state index contributed by atoms with van der Waals surface area (Å²) in [7, 11) is 0. The smallest absolute Gasteiger partial charge is 0.223 e. The van der Waals surface area contributed by atoms with Gasteiger partial charge in [-0.05, 0) is 55.7 Å². The van der Waals surface area contributed by atoms with Gasteiger partial charge in [-0.25, -0.2) is 4.98 Å². The second kappa shape index (κ2) is 10.1. The number of hydrogen-bond donors (Lipinski definition) is 1. The summed E-state index contributed by atoms with van der Waals surface area (Å²) in [6.07, 6.45) is 7.07. The standard InChI is InChI=1S/C25H28ClN3O2/c26-20-14-12-18(13-15-20)23(30)17-29-22-10-5-4-9-21(22)28-24(29)11-6-16-27-25(31)19-7-2-1-3-8-19/h4-5,9-10,12-15,19H,1-3,6-8,11,16-17H2,(H,27,31). The first-order valence-corrected chi connectivity index (χ1v) is 11.5. The molecule has 6 heteroatoms. The number of ketones is 1. The molecule has 0 spiro atoms. The Hall–Kier alpha value is -2.66. The average Bonchev–Trinajstić information content (AvgIpc) is 3.15. The van der Waals surface area contributed by atoms with Crippen molar-refractivity contribution in [2.45, 2.75) is 51.5 Å². The van der Waals surface area contributed by atoms with Crippen LogP contribution in [0.25, 0.3) is 11.0 Å². The minimum Gasteiger partial charge on any atom is -0.356 e. The van der Waals surface area contributed by atoms with Gasteiger partial charge < -0.3 is 9.88 Å². The number of para-hydroxylation sites is 2. The largest absolute Gasteiger partial charge is 0.356 e. The van der Waals surface area contributed by atoms with E-state index in [0.29, 0.717) is 23.6 Å². The van der Waals surface area contributed by atoms with Crippen LogP contribution in [0.15, 0.2) is 48.5 Å². The Morgan fingerprint density at radius 1 is 1.03 bits per heavy atom. The van der Waals surface area contributed by atoms with E-state index in [1.54, 1.807) is 24.3 Å². The summed E-state index contributed by atoms with van der Waals surface area (Å²) in [5.41, 5.74) is 2.46. The topological polar surface area (TPSA) is 64.0 Å². The Labute approximate surface area is 187 Å². The highest BCUT2D eigenvalue weighted by Crippen LogP contribution is 2.23. The molecule has 0 radical (unpaired) electrons. The maximum Gasteiger partial charge on any atom is 0.223 e. The number of benzene rings is 2. The number of carbonyl (C=O) groups is 2. The van der Waals surface area contributed by atoms with Crippen molar-refractivity contribution in [2.24, 2.45) is 5.92 Å². The fourth-order valence-corrected chi connectivity index (χ4v) is 4.46. The number of aromatic nitrogens is 2. The van der Waals surface area contributed by atoms with E-state index in [1.807, 2.05) is 28.8 Å². The van der Waals surface area contributed by atoms with Crippen molar-refractivity contribution in [2.75, 3.05) is 6.54 Å². The average molecular weight is 438 g/mol. The van der Waals surface area contributed by atoms with E-state index in [-0.39, 0.29) is 24.2 Å². The van der Waals surface area contributed by atoms with Gasteiger partial charge in [-0.1, -0.05) is 43.0 Å². The Morgan fingerprint density at radius 3 is 2.55 bits per heavy atom. The number of fused-ring (bicyclic) bond motifs is 1. The number of imidazole rings is 1. The lowest BCUT2D eigenvalue weighted by molar-refractivity contribution is -0.125. The first kappa shape index (κ1) is 21.6. The first-order valence-electron chi connectivity index (χ1n) is 11.1. The van der Waals surface area contributed by atoms with Crippen LogP contribution in [0, 0.1) is 5.92 Å². The van der Waals surface area contributed by atoms with Gasteiger partial charge in [0, 0.05) is 29.5 Å². The predicted molar refractivity (Wildman–Crippen MR) is 123 cm³/mol. The molecule has 1 N–H and O–H groups in total. The van der Waals surface area contributed by atoms with E-state index >= 15 is 0 Å². The molecule has 0 saturated heterocycles. The van der Waals surface area contributed by atoms with E-state index < -0.39 is 0 Å². The van der Waals surface area contributed by atoms with Crippen LogP contribution >= 0.6 is 11.6 Å². The number of rotatable bonds is 8. The van der Waals surface area contributed by atoms with Crippen LogP contribution in [-0.4, -0.2) is 27.8 Å². The Morgan fingerprint density at radius 2 is 1.77 bits per heavy atom. The third-order valence-electron chi connectivity index (χ3n) is 6.05. The van der Waals surface area contributed by atoms with E-state index in [2.05, 4.69) is 5.32 Å². The van der Waals surface area contributed by atoms with E-state index in [4.69, 9.17) is 16.6 Å². The maximum absolute atomic E-state index is 12.9. The molecule has 1 aliphatic carbocycles. The molecule has 1 aliphatic rings. The zero-order chi connectivity index (χ0) is 21.6. The van der Waals surface area contributed by atoms with Crippen LogP contribution in [0.2, 0.25) is 5.02 Å². The van der Waals surface area contributed by atoms with Crippen molar-refractivity contribution in [3.63, 3.8) is 0 Å². The van der Waals surface area contributed by atoms with Gasteiger partial charge in [0.2, 0.25) is 5.91 Å². The second-order valence-electron chi connectivity index (χ2n) is 8.26. The first-order chi connectivity index (χ1) is 15.1. The minimum absolute atomic E-state index is 0.0201. The number of Topliss-reactive ketones (excluding diaryl/α,β-unsaturated/α-hetero) is 1. The fourth-order valence-electron chi connectivity index (χ4n) is 4.33. The van der Waals surface area contributed by atoms with Crippen molar-refractivity contribution in [1.29, 1.82) is 0 Å². The normalized spacial score (nSPS) is 14.6. The predicted octanol–water partition coefficient (Wildman–Crippen LogP) is 5.20. The number of amides is 1. The zero-order valence-electron chi connectivity index (χ0n) is 17.6. The number of nitrogens with zero attached hydrogens (tertiary/aromatic N) is 2. The molecule has 2 aromatic carbocycles. The number of hydrogen-bond acceptors (Lipinski definition) is 3. The third kappa shape index (κ3) is 5.34. The second-order valence-corrected chi connectivity index (χ2v) is 8.70. The van der Waals surface area contributed by atoms with Crippen molar-refractivity contribution < 1.29 is 9.59 Å². The van der Waals surface area contributed by atoms with Gasteiger partial charge in [-0.2, -0.15) is 0 Å².